The quantitative estimate of drug-likeness (QED) is 0.444. The molecule has 3 heterocycles. The normalized spacial score (nSPS) is 10.6. The predicted octanol–water partition coefficient (Wildman–Crippen LogP) is 0.115. The molecular weight excluding hydrogens is 292 g/mol. The van der Waals surface area contributed by atoms with Gasteiger partial charge in [-0.25, -0.2) is 15.8 Å². The SMILES string of the molecule is Cc1ncc(CNc2nc(NN)nc(-n3cncn3)n2)s1. The lowest BCUT2D eigenvalue weighted by Gasteiger charge is -2.07. The van der Waals surface area contributed by atoms with Crippen molar-refractivity contribution in [3.05, 3.63) is 28.7 Å². The second kappa shape index (κ2) is 5.76. The summed E-state index contributed by atoms with van der Waals surface area (Å²) in [6, 6.07) is 0. The van der Waals surface area contributed by atoms with E-state index < -0.39 is 0 Å². The monoisotopic (exact) mass is 304 g/mol. The molecule has 3 aromatic rings. The third kappa shape index (κ3) is 3.09. The van der Waals surface area contributed by atoms with Gasteiger partial charge in [0.15, 0.2) is 0 Å². The first-order valence-corrected chi connectivity index (χ1v) is 6.79. The molecule has 10 nitrogen and oxygen atoms in total. The van der Waals surface area contributed by atoms with Crippen LogP contribution >= 0.6 is 11.3 Å². The summed E-state index contributed by atoms with van der Waals surface area (Å²) < 4.78 is 1.42. The maximum absolute atomic E-state index is 5.37. The van der Waals surface area contributed by atoms with Crippen LogP contribution in [0.3, 0.4) is 0 Å². The van der Waals surface area contributed by atoms with Gasteiger partial charge in [0.05, 0.1) is 11.6 Å². The number of hydrazine groups is 1. The number of thiazole rings is 1. The van der Waals surface area contributed by atoms with E-state index in [2.05, 4.69) is 40.8 Å². The fourth-order valence-corrected chi connectivity index (χ4v) is 2.31. The number of anilines is 2. The van der Waals surface area contributed by atoms with E-state index in [4.69, 9.17) is 5.84 Å². The average Bonchev–Trinajstić information content (AvgIpc) is 3.16. The van der Waals surface area contributed by atoms with Gasteiger partial charge in [-0.15, -0.1) is 11.3 Å². The summed E-state index contributed by atoms with van der Waals surface area (Å²) in [7, 11) is 0. The van der Waals surface area contributed by atoms with Gasteiger partial charge in [-0.3, -0.25) is 5.43 Å². The molecule has 0 fully saturated rings. The molecule has 3 rings (SSSR count). The molecule has 0 spiro atoms. The number of nitrogens with one attached hydrogen (secondary N) is 2. The highest BCUT2D eigenvalue weighted by Crippen LogP contribution is 2.14. The number of rotatable bonds is 5. The van der Waals surface area contributed by atoms with Crippen molar-refractivity contribution < 1.29 is 0 Å². The van der Waals surface area contributed by atoms with Crippen molar-refractivity contribution in [2.24, 2.45) is 5.84 Å². The van der Waals surface area contributed by atoms with Crippen molar-refractivity contribution in [2.45, 2.75) is 13.5 Å². The zero-order valence-corrected chi connectivity index (χ0v) is 11.9. The zero-order valence-electron chi connectivity index (χ0n) is 11.1. The Kier molecular flexibility index (Phi) is 3.66. The average molecular weight is 304 g/mol. The van der Waals surface area contributed by atoms with Crippen LogP contribution in [0.2, 0.25) is 0 Å². The van der Waals surface area contributed by atoms with Crippen LogP contribution in [0.25, 0.3) is 5.95 Å². The predicted molar refractivity (Wildman–Crippen MR) is 76.7 cm³/mol. The first-order chi connectivity index (χ1) is 10.2. The Balaban J connectivity index is 1.82. The minimum absolute atomic E-state index is 0.235. The molecule has 0 aliphatic rings. The highest BCUT2D eigenvalue weighted by molar-refractivity contribution is 7.11. The number of nitrogens with zero attached hydrogens (tertiary/aromatic N) is 7. The lowest BCUT2D eigenvalue weighted by Crippen LogP contribution is -2.16. The summed E-state index contributed by atoms with van der Waals surface area (Å²) >= 11 is 1.61. The Morgan fingerprint density at radius 1 is 1.29 bits per heavy atom. The van der Waals surface area contributed by atoms with E-state index in [9.17, 15) is 0 Å². The molecule has 0 amide bonds. The van der Waals surface area contributed by atoms with Crippen molar-refractivity contribution >= 4 is 23.2 Å². The van der Waals surface area contributed by atoms with Crippen molar-refractivity contribution in [3.8, 4) is 5.95 Å². The zero-order chi connectivity index (χ0) is 14.7. The van der Waals surface area contributed by atoms with Gasteiger partial charge < -0.3 is 5.32 Å². The summed E-state index contributed by atoms with van der Waals surface area (Å²) in [5, 5.41) is 8.08. The van der Waals surface area contributed by atoms with Crippen LogP contribution in [0.15, 0.2) is 18.9 Å². The molecule has 3 aromatic heterocycles. The lowest BCUT2D eigenvalue weighted by atomic mass is 10.5. The lowest BCUT2D eigenvalue weighted by molar-refractivity contribution is 0.794. The van der Waals surface area contributed by atoms with Crippen molar-refractivity contribution in [1.82, 2.24) is 34.7 Å². The second-order valence-corrected chi connectivity index (χ2v) is 5.29. The molecule has 21 heavy (non-hydrogen) atoms. The van der Waals surface area contributed by atoms with E-state index in [1.165, 1.54) is 17.3 Å². The molecule has 0 aliphatic carbocycles. The highest BCUT2D eigenvalue weighted by atomic mass is 32.1. The van der Waals surface area contributed by atoms with Crippen molar-refractivity contribution in [2.75, 3.05) is 10.7 Å². The Morgan fingerprint density at radius 3 is 2.81 bits per heavy atom. The summed E-state index contributed by atoms with van der Waals surface area (Å²) in [5.41, 5.74) is 2.40. The smallest absolute Gasteiger partial charge is 0.258 e. The Morgan fingerprint density at radius 2 is 2.14 bits per heavy atom. The number of aromatic nitrogens is 7. The molecule has 0 aromatic carbocycles. The summed E-state index contributed by atoms with van der Waals surface area (Å²) in [6.07, 6.45) is 4.70. The van der Waals surface area contributed by atoms with Crippen LogP contribution in [0.4, 0.5) is 11.9 Å². The van der Waals surface area contributed by atoms with Crippen LogP contribution in [0.1, 0.15) is 9.88 Å². The van der Waals surface area contributed by atoms with Crippen LogP contribution < -0.4 is 16.6 Å². The number of hydrogen-bond donors (Lipinski definition) is 3. The molecule has 0 saturated heterocycles. The molecule has 0 atom stereocenters. The van der Waals surface area contributed by atoms with Gasteiger partial charge in [0, 0.05) is 11.1 Å². The van der Waals surface area contributed by atoms with Gasteiger partial charge >= 0.3 is 0 Å². The standard InChI is InChI=1S/C10H12N10S/c1-6-13-2-7(21-6)3-14-8-16-9(19-11)18-10(17-8)20-5-12-4-15-20/h2,4-5H,3,11H2,1H3,(H2,14,16,17,18,19). The molecular formula is C10H12N10S. The van der Waals surface area contributed by atoms with Crippen LogP contribution in [0, 0.1) is 6.92 Å². The molecule has 0 bridgehead atoms. The van der Waals surface area contributed by atoms with E-state index in [0.29, 0.717) is 18.4 Å². The maximum Gasteiger partial charge on any atom is 0.258 e. The van der Waals surface area contributed by atoms with Crippen molar-refractivity contribution in [1.29, 1.82) is 0 Å². The first-order valence-electron chi connectivity index (χ1n) is 5.97. The Labute approximate surface area is 123 Å². The second-order valence-electron chi connectivity index (χ2n) is 3.97. The third-order valence-electron chi connectivity index (χ3n) is 2.47. The topological polar surface area (TPSA) is 132 Å². The number of aryl methyl sites for hydroxylation is 1. The Hall–Kier alpha value is -2.66. The van der Waals surface area contributed by atoms with Gasteiger partial charge in [0.1, 0.15) is 12.7 Å². The van der Waals surface area contributed by atoms with Gasteiger partial charge in [0.25, 0.3) is 5.95 Å². The number of nitrogen functional groups attached to an aromatic ring is 1. The molecule has 0 unspecified atom stereocenters. The number of nitrogens with two attached hydrogens (primary N) is 1. The van der Waals surface area contributed by atoms with E-state index in [-0.39, 0.29) is 5.95 Å². The van der Waals surface area contributed by atoms with Gasteiger partial charge in [-0.1, -0.05) is 0 Å². The maximum atomic E-state index is 5.37. The summed E-state index contributed by atoms with van der Waals surface area (Å²) in [6.45, 7) is 2.52. The van der Waals surface area contributed by atoms with E-state index in [1.54, 1.807) is 11.3 Å². The van der Waals surface area contributed by atoms with Crippen LogP contribution in [-0.4, -0.2) is 34.7 Å². The summed E-state index contributed by atoms with van der Waals surface area (Å²) in [4.78, 5) is 21.6. The molecule has 11 heteroatoms. The molecule has 0 aliphatic heterocycles. The van der Waals surface area contributed by atoms with Crippen molar-refractivity contribution in [3.63, 3.8) is 0 Å². The van der Waals surface area contributed by atoms with Gasteiger partial charge in [-0.05, 0) is 6.92 Å². The number of hydrogen-bond acceptors (Lipinski definition) is 10. The van der Waals surface area contributed by atoms with E-state index in [0.717, 1.165) is 9.88 Å². The third-order valence-corrected chi connectivity index (χ3v) is 3.38. The molecule has 0 saturated carbocycles. The first kappa shape index (κ1) is 13.3. The summed E-state index contributed by atoms with van der Waals surface area (Å²) in [5.74, 6) is 6.30. The fraction of sp³-hybridized carbons (Fsp3) is 0.200. The van der Waals surface area contributed by atoms with Crippen LogP contribution in [-0.2, 0) is 6.54 Å². The van der Waals surface area contributed by atoms with E-state index in [1.807, 2.05) is 13.1 Å². The largest absolute Gasteiger partial charge is 0.349 e. The van der Waals surface area contributed by atoms with Crippen LogP contribution in [0.5, 0.6) is 0 Å². The molecule has 0 radical (unpaired) electrons. The highest BCUT2D eigenvalue weighted by Gasteiger charge is 2.08. The molecule has 4 N–H and O–H groups in total. The molecule has 108 valence electrons. The Bertz CT molecular complexity index is 721. The minimum atomic E-state index is 0.235. The van der Waals surface area contributed by atoms with Gasteiger partial charge in [0.2, 0.25) is 11.9 Å². The fourth-order valence-electron chi connectivity index (χ4n) is 1.58. The minimum Gasteiger partial charge on any atom is -0.349 e. The van der Waals surface area contributed by atoms with E-state index >= 15 is 0 Å². The van der Waals surface area contributed by atoms with Gasteiger partial charge in [-0.2, -0.15) is 24.7 Å².